The van der Waals surface area contributed by atoms with Gasteiger partial charge in [-0.25, -0.2) is 0 Å². The largest absolute Gasteiger partial charge is 0.354 e. The van der Waals surface area contributed by atoms with Gasteiger partial charge in [0.2, 0.25) is 5.91 Å². The molecule has 2 atom stereocenters. The van der Waals surface area contributed by atoms with E-state index in [0.29, 0.717) is 18.5 Å². The van der Waals surface area contributed by atoms with Crippen LogP contribution in [-0.2, 0) is 4.79 Å². The second kappa shape index (κ2) is 7.22. The van der Waals surface area contributed by atoms with Crippen molar-refractivity contribution in [1.82, 2.24) is 10.6 Å². The second-order valence-corrected chi connectivity index (χ2v) is 5.48. The molecule has 0 spiro atoms. The third-order valence-corrected chi connectivity index (χ3v) is 3.67. The Bertz CT molecular complexity index is 238. The van der Waals surface area contributed by atoms with Crippen molar-refractivity contribution in [3.63, 3.8) is 0 Å². The summed E-state index contributed by atoms with van der Waals surface area (Å²) in [6, 6.07) is 0.959. The predicted octanol–water partition coefficient (Wildman–Crippen LogP) is 2.25. The lowest BCUT2D eigenvalue weighted by Crippen LogP contribution is -2.34. The molecule has 1 aliphatic heterocycles. The molecule has 2 N–H and O–H groups in total. The smallest absolute Gasteiger partial charge is 0.220 e. The lowest BCUT2D eigenvalue weighted by Gasteiger charge is -2.14. The summed E-state index contributed by atoms with van der Waals surface area (Å²) in [6.45, 7) is 3.26. The maximum absolute atomic E-state index is 11.7. The van der Waals surface area contributed by atoms with Crippen LogP contribution in [0.5, 0.6) is 0 Å². The summed E-state index contributed by atoms with van der Waals surface area (Å²) in [4.78, 5) is 11.7. The lowest BCUT2D eigenvalue weighted by molar-refractivity contribution is -0.121. The number of hydrogen-bond donors (Lipinski definition) is 2. The highest BCUT2D eigenvalue weighted by molar-refractivity contribution is 5.85. The molecule has 0 radical (unpaired) electrons. The monoisotopic (exact) mass is 260 g/mol. The minimum atomic E-state index is 0. The van der Waals surface area contributed by atoms with E-state index in [1.807, 2.05) is 0 Å². The molecule has 0 aromatic rings. The van der Waals surface area contributed by atoms with Crippen LogP contribution in [0.15, 0.2) is 0 Å². The fourth-order valence-corrected chi connectivity index (χ4v) is 2.57. The Morgan fingerprint density at radius 1 is 1.41 bits per heavy atom. The van der Waals surface area contributed by atoms with Crippen LogP contribution in [0.25, 0.3) is 0 Å². The van der Waals surface area contributed by atoms with Gasteiger partial charge in [-0.2, -0.15) is 0 Å². The van der Waals surface area contributed by atoms with Gasteiger partial charge in [0.15, 0.2) is 0 Å². The van der Waals surface area contributed by atoms with Gasteiger partial charge in [-0.15, -0.1) is 12.4 Å². The third-order valence-electron chi connectivity index (χ3n) is 3.67. The number of amides is 1. The van der Waals surface area contributed by atoms with E-state index >= 15 is 0 Å². The first-order valence-electron chi connectivity index (χ1n) is 6.77. The van der Waals surface area contributed by atoms with Gasteiger partial charge in [0, 0.05) is 18.5 Å². The summed E-state index contributed by atoms with van der Waals surface area (Å²) in [7, 11) is 0. The molecule has 1 aliphatic carbocycles. The quantitative estimate of drug-likeness (QED) is 0.769. The SMILES string of the molecule is CC(CC1CC1)NC(=O)CCC1CCCN1.Cl. The van der Waals surface area contributed by atoms with Crippen LogP contribution in [0.1, 0.15) is 51.9 Å². The van der Waals surface area contributed by atoms with Crippen molar-refractivity contribution in [3.05, 3.63) is 0 Å². The summed E-state index contributed by atoms with van der Waals surface area (Å²) >= 11 is 0. The van der Waals surface area contributed by atoms with Gasteiger partial charge in [-0.3, -0.25) is 4.79 Å². The number of halogens is 1. The Morgan fingerprint density at radius 2 is 2.18 bits per heavy atom. The molecule has 1 amide bonds. The number of carbonyl (C=O) groups excluding carboxylic acids is 1. The highest BCUT2D eigenvalue weighted by Crippen LogP contribution is 2.33. The van der Waals surface area contributed by atoms with Crippen molar-refractivity contribution >= 4 is 18.3 Å². The van der Waals surface area contributed by atoms with Crippen LogP contribution in [-0.4, -0.2) is 24.5 Å². The van der Waals surface area contributed by atoms with Crippen molar-refractivity contribution in [2.24, 2.45) is 5.92 Å². The highest BCUT2D eigenvalue weighted by Gasteiger charge is 2.24. The Labute approximate surface area is 111 Å². The van der Waals surface area contributed by atoms with E-state index in [1.165, 1.54) is 32.1 Å². The van der Waals surface area contributed by atoms with Crippen LogP contribution < -0.4 is 10.6 Å². The number of nitrogens with one attached hydrogen (secondary N) is 2. The van der Waals surface area contributed by atoms with Crippen molar-refractivity contribution in [3.8, 4) is 0 Å². The molecule has 3 nitrogen and oxygen atoms in total. The summed E-state index contributed by atoms with van der Waals surface area (Å²) < 4.78 is 0. The molecule has 1 saturated heterocycles. The van der Waals surface area contributed by atoms with Crippen molar-refractivity contribution in [2.75, 3.05) is 6.54 Å². The van der Waals surface area contributed by atoms with Crippen LogP contribution in [0.4, 0.5) is 0 Å². The average molecular weight is 261 g/mol. The van der Waals surface area contributed by atoms with E-state index in [0.717, 1.165) is 18.9 Å². The van der Waals surface area contributed by atoms with E-state index in [9.17, 15) is 4.79 Å². The maximum Gasteiger partial charge on any atom is 0.220 e. The minimum Gasteiger partial charge on any atom is -0.354 e. The maximum atomic E-state index is 11.7. The normalized spacial score (nSPS) is 25.1. The van der Waals surface area contributed by atoms with Crippen LogP contribution in [0, 0.1) is 5.92 Å². The lowest BCUT2D eigenvalue weighted by atomic mass is 10.1. The van der Waals surface area contributed by atoms with Gasteiger partial charge in [-0.1, -0.05) is 12.8 Å². The number of carbonyl (C=O) groups is 1. The Kier molecular flexibility index (Phi) is 6.28. The van der Waals surface area contributed by atoms with Gasteiger partial charge in [0.05, 0.1) is 0 Å². The van der Waals surface area contributed by atoms with Crippen LogP contribution in [0.3, 0.4) is 0 Å². The molecule has 2 rings (SSSR count). The molecule has 1 saturated carbocycles. The Balaban J connectivity index is 0.00000144. The zero-order valence-electron chi connectivity index (χ0n) is 10.7. The van der Waals surface area contributed by atoms with Crippen molar-refractivity contribution in [2.45, 2.75) is 64.0 Å². The standard InChI is InChI=1S/C13H24N2O.ClH/c1-10(9-11-4-5-11)15-13(16)7-6-12-3-2-8-14-12;/h10-12,14H,2-9H2,1H3,(H,15,16);1H. The molecule has 0 aromatic carbocycles. The van der Waals surface area contributed by atoms with Crippen LogP contribution in [0.2, 0.25) is 0 Å². The first-order valence-corrected chi connectivity index (χ1v) is 6.77. The summed E-state index contributed by atoms with van der Waals surface area (Å²) in [5.41, 5.74) is 0. The second-order valence-electron chi connectivity index (χ2n) is 5.48. The summed E-state index contributed by atoms with van der Waals surface area (Å²) in [5, 5.41) is 6.54. The van der Waals surface area contributed by atoms with E-state index in [2.05, 4.69) is 17.6 Å². The number of rotatable bonds is 6. The summed E-state index contributed by atoms with van der Waals surface area (Å²) in [6.07, 6.45) is 8.11. The predicted molar refractivity (Wildman–Crippen MR) is 72.5 cm³/mol. The molecular formula is C13H25ClN2O. The topological polar surface area (TPSA) is 41.1 Å². The average Bonchev–Trinajstić information content (AvgIpc) is 2.89. The first-order chi connectivity index (χ1) is 7.74. The molecule has 17 heavy (non-hydrogen) atoms. The van der Waals surface area contributed by atoms with Gasteiger partial charge < -0.3 is 10.6 Å². The molecular weight excluding hydrogens is 236 g/mol. The van der Waals surface area contributed by atoms with E-state index < -0.39 is 0 Å². The molecule has 2 unspecified atom stereocenters. The molecule has 2 fully saturated rings. The van der Waals surface area contributed by atoms with E-state index in [1.54, 1.807) is 0 Å². The van der Waals surface area contributed by atoms with Gasteiger partial charge in [-0.05, 0) is 45.1 Å². The fraction of sp³-hybridized carbons (Fsp3) is 0.923. The fourth-order valence-electron chi connectivity index (χ4n) is 2.57. The molecule has 2 aliphatic rings. The van der Waals surface area contributed by atoms with E-state index in [4.69, 9.17) is 0 Å². The molecule has 4 heteroatoms. The Hall–Kier alpha value is -0.280. The van der Waals surface area contributed by atoms with Gasteiger partial charge in [0.25, 0.3) is 0 Å². The van der Waals surface area contributed by atoms with Crippen molar-refractivity contribution < 1.29 is 4.79 Å². The highest BCUT2D eigenvalue weighted by atomic mass is 35.5. The van der Waals surface area contributed by atoms with Gasteiger partial charge >= 0.3 is 0 Å². The third kappa shape index (κ3) is 5.73. The zero-order chi connectivity index (χ0) is 11.4. The minimum absolute atomic E-state index is 0. The zero-order valence-corrected chi connectivity index (χ0v) is 11.5. The molecule has 0 aromatic heterocycles. The number of hydrogen-bond acceptors (Lipinski definition) is 2. The molecule has 1 heterocycles. The van der Waals surface area contributed by atoms with E-state index in [-0.39, 0.29) is 18.3 Å². The van der Waals surface area contributed by atoms with Gasteiger partial charge in [0.1, 0.15) is 0 Å². The molecule has 0 bridgehead atoms. The summed E-state index contributed by atoms with van der Waals surface area (Å²) in [5.74, 6) is 1.13. The Morgan fingerprint density at radius 3 is 2.76 bits per heavy atom. The van der Waals surface area contributed by atoms with Crippen LogP contribution >= 0.6 is 12.4 Å². The molecule has 100 valence electrons. The van der Waals surface area contributed by atoms with Crippen molar-refractivity contribution in [1.29, 1.82) is 0 Å². The first kappa shape index (κ1) is 14.8.